The van der Waals surface area contributed by atoms with Gasteiger partial charge in [-0.05, 0) is 67.5 Å². The number of nitrogens with zero attached hydrogens (tertiary/aromatic N) is 1. The summed E-state index contributed by atoms with van der Waals surface area (Å²) in [5.74, 6) is -0.999. The van der Waals surface area contributed by atoms with Gasteiger partial charge in [-0.25, -0.2) is 4.39 Å². The fraction of sp³-hybridized carbons (Fsp3) is 0.481. The normalized spacial score (nSPS) is 19.8. The number of carbonyl (C=O) groups excluding carboxylic acids is 1. The lowest BCUT2D eigenvalue weighted by Crippen LogP contribution is -2.36. The molecule has 2 aromatic carbocycles. The molecule has 1 amide bonds. The second-order valence-corrected chi connectivity index (χ2v) is 8.96. The highest BCUT2D eigenvalue weighted by Crippen LogP contribution is 2.42. The van der Waals surface area contributed by atoms with Crippen LogP contribution in [0.3, 0.4) is 0 Å². The summed E-state index contributed by atoms with van der Waals surface area (Å²) in [5.41, 5.74) is 1.78. The average Bonchev–Trinajstić information content (AvgIpc) is 2.86. The van der Waals surface area contributed by atoms with Crippen LogP contribution in [0.15, 0.2) is 42.5 Å². The summed E-state index contributed by atoms with van der Waals surface area (Å²) >= 11 is 0. The predicted octanol–water partition coefficient (Wildman–Crippen LogP) is 5.05. The van der Waals surface area contributed by atoms with E-state index in [4.69, 9.17) is 19.3 Å². The minimum atomic E-state index is -0.911. The molecule has 0 heterocycles. The number of aliphatic carboxylic acids is 1. The number of anilines is 1. The molecule has 8 heteroatoms. The number of methoxy groups -OCH3 is 2. The van der Waals surface area contributed by atoms with E-state index in [1.165, 1.54) is 17.0 Å². The second kappa shape index (κ2) is 12.1. The van der Waals surface area contributed by atoms with Crippen molar-refractivity contribution in [3.8, 4) is 5.75 Å². The number of carbonyl (C=O) groups is 2. The Hall–Kier alpha value is -2.97. The van der Waals surface area contributed by atoms with Crippen molar-refractivity contribution in [3.63, 3.8) is 0 Å². The molecule has 1 N–H and O–H groups in total. The van der Waals surface area contributed by atoms with E-state index in [0.717, 1.165) is 36.8 Å². The van der Waals surface area contributed by atoms with Crippen molar-refractivity contribution >= 4 is 17.6 Å². The quantitative estimate of drug-likeness (QED) is 0.477. The van der Waals surface area contributed by atoms with Gasteiger partial charge in [0.25, 0.3) is 0 Å². The van der Waals surface area contributed by atoms with Crippen molar-refractivity contribution < 1.29 is 33.3 Å². The number of hydrogen-bond donors (Lipinski definition) is 1. The zero-order chi connectivity index (χ0) is 25.4. The summed E-state index contributed by atoms with van der Waals surface area (Å²) in [6, 6.07) is 12.0. The minimum absolute atomic E-state index is 0.0309. The smallest absolute Gasteiger partial charge is 0.303 e. The molecular weight excluding hydrogens is 453 g/mol. The van der Waals surface area contributed by atoms with Gasteiger partial charge < -0.3 is 24.2 Å². The first kappa shape index (κ1) is 26.6. The maximum atomic E-state index is 14.5. The van der Waals surface area contributed by atoms with Crippen LogP contribution in [0, 0.1) is 5.82 Å². The van der Waals surface area contributed by atoms with Crippen LogP contribution >= 0.6 is 0 Å². The van der Waals surface area contributed by atoms with Gasteiger partial charge in [0.05, 0.1) is 11.7 Å². The molecule has 7 nitrogen and oxygen atoms in total. The highest BCUT2D eigenvalue weighted by atomic mass is 19.1. The molecule has 0 atom stereocenters. The Morgan fingerprint density at radius 1 is 1.09 bits per heavy atom. The zero-order valence-corrected chi connectivity index (χ0v) is 20.6. The highest BCUT2D eigenvalue weighted by Gasteiger charge is 2.37. The second-order valence-electron chi connectivity index (χ2n) is 8.96. The summed E-state index contributed by atoms with van der Waals surface area (Å²) in [6.07, 6.45) is 3.83. The predicted molar refractivity (Wildman–Crippen MR) is 130 cm³/mol. The van der Waals surface area contributed by atoms with Crippen LogP contribution in [-0.2, 0) is 31.3 Å². The molecular formula is C27H34FNO6. The van der Waals surface area contributed by atoms with E-state index < -0.39 is 11.6 Å². The van der Waals surface area contributed by atoms with Crippen LogP contribution in [0.4, 0.5) is 10.1 Å². The molecule has 0 saturated heterocycles. The van der Waals surface area contributed by atoms with Crippen LogP contribution in [0.1, 0.15) is 56.1 Å². The number of carboxylic acid groups (broad SMARTS) is 1. The molecule has 0 radical (unpaired) electrons. The highest BCUT2D eigenvalue weighted by molar-refractivity contribution is 5.92. The van der Waals surface area contributed by atoms with E-state index in [1.54, 1.807) is 33.4 Å². The molecule has 0 unspecified atom stereocenters. The van der Waals surface area contributed by atoms with Gasteiger partial charge in [0, 0.05) is 45.9 Å². The number of ether oxygens (including phenoxy) is 3. The maximum absolute atomic E-state index is 14.5. The van der Waals surface area contributed by atoms with E-state index in [0.29, 0.717) is 17.9 Å². The van der Waals surface area contributed by atoms with Gasteiger partial charge in [0.2, 0.25) is 5.91 Å². The van der Waals surface area contributed by atoms with Crippen molar-refractivity contribution in [3.05, 3.63) is 59.4 Å². The van der Waals surface area contributed by atoms with Crippen molar-refractivity contribution in [1.82, 2.24) is 0 Å². The monoisotopic (exact) mass is 487 g/mol. The fourth-order valence-electron chi connectivity index (χ4n) is 4.50. The molecule has 0 aromatic heterocycles. The first-order valence-electron chi connectivity index (χ1n) is 11.9. The lowest BCUT2D eigenvalue weighted by Gasteiger charge is -2.39. The molecule has 0 spiro atoms. The molecule has 1 saturated carbocycles. The van der Waals surface area contributed by atoms with Crippen LogP contribution < -0.4 is 9.64 Å². The average molecular weight is 488 g/mol. The fourth-order valence-corrected chi connectivity index (χ4v) is 4.50. The summed E-state index contributed by atoms with van der Waals surface area (Å²) < 4.78 is 31.7. The molecule has 1 fully saturated rings. The third kappa shape index (κ3) is 7.02. The third-order valence-electron chi connectivity index (χ3n) is 6.75. The van der Waals surface area contributed by atoms with Crippen molar-refractivity contribution in [1.29, 1.82) is 0 Å². The molecule has 0 bridgehead atoms. The number of amides is 1. The SMILES string of the molecule is COC1CCC(OC)(c2cc(F)cc(OCc3ccc(N(C)C(=O)CCCC(=O)O)cc3)c2)CC1. The minimum Gasteiger partial charge on any atom is -0.489 e. The molecule has 1 aliphatic rings. The van der Waals surface area contributed by atoms with E-state index >= 15 is 0 Å². The van der Waals surface area contributed by atoms with E-state index in [-0.39, 0.29) is 37.3 Å². The van der Waals surface area contributed by atoms with Crippen LogP contribution in [0.25, 0.3) is 0 Å². The number of rotatable bonds is 11. The summed E-state index contributed by atoms with van der Waals surface area (Å²) in [4.78, 5) is 24.4. The van der Waals surface area contributed by atoms with Gasteiger partial charge in [0.1, 0.15) is 18.2 Å². The largest absolute Gasteiger partial charge is 0.489 e. The van der Waals surface area contributed by atoms with Crippen LogP contribution in [-0.4, -0.2) is 44.4 Å². The molecule has 190 valence electrons. The number of carboxylic acids is 1. The van der Waals surface area contributed by atoms with Crippen LogP contribution in [0.5, 0.6) is 5.75 Å². The Bertz CT molecular complexity index is 1000. The van der Waals surface area contributed by atoms with Crippen molar-refractivity contribution in [2.24, 2.45) is 0 Å². The van der Waals surface area contributed by atoms with Gasteiger partial charge in [-0.15, -0.1) is 0 Å². The van der Waals surface area contributed by atoms with Gasteiger partial charge in [0.15, 0.2) is 0 Å². The summed E-state index contributed by atoms with van der Waals surface area (Å²) in [6.45, 7) is 0.241. The number of hydrogen-bond acceptors (Lipinski definition) is 5. The van der Waals surface area contributed by atoms with Gasteiger partial charge >= 0.3 is 5.97 Å². The number of benzene rings is 2. The number of halogens is 1. The molecule has 2 aromatic rings. The van der Waals surface area contributed by atoms with Gasteiger partial charge in [-0.3, -0.25) is 9.59 Å². The van der Waals surface area contributed by atoms with E-state index in [2.05, 4.69) is 0 Å². The molecule has 0 aliphatic heterocycles. The Morgan fingerprint density at radius 3 is 2.37 bits per heavy atom. The standard InChI is InChI=1S/C27H34FNO6/c1-29(25(30)5-4-6-26(31)32)22-9-7-19(8-10-22)18-35-24-16-20(15-21(28)17-24)27(34-3)13-11-23(33-2)12-14-27/h7-10,15-17,23H,4-6,11-14,18H2,1-3H3,(H,31,32). The molecule has 35 heavy (non-hydrogen) atoms. The third-order valence-corrected chi connectivity index (χ3v) is 6.75. The lowest BCUT2D eigenvalue weighted by molar-refractivity contribution is -0.137. The van der Waals surface area contributed by atoms with E-state index in [1.807, 2.05) is 18.2 Å². The van der Waals surface area contributed by atoms with Crippen LogP contribution in [0.2, 0.25) is 0 Å². The topological polar surface area (TPSA) is 85.3 Å². The first-order chi connectivity index (χ1) is 16.8. The van der Waals surface area contributed by atoms with Crippen molar-refractivity contribution in [2.75, 3.05) is 26.2 Å². The summed E-state index contributed by atoms with van der Waals surface area (Å²) in [5, 5.41) is 8.72. The van der Waals surface area contributed by atoms with E-state index in [9.17, 15) is 14.0 Å². The first-order valence-corrected chi connectivity index (χ1v) is 11.9. The van der Waals surface area contributed by atoms with Crippen molar-refractivity contribution in [2.45, 2.75) is 63.3 Å². The zero-order valence-electron chi connectivity index (χ0n) is 20.6. The van der Waals surface area contributed by atoms with Gasteiger partial charge in [-0.2, -0.15) is 0 Å². The Labute approximate surface area is 205 Å². The van der Waals surface area contributed by atoms with Gasteiger partial charge in [-0.1, -0.05) is 12.1 Å². The molecule has 1 aliphatic carbocycles. The summed E-state index contributed by atoms with van der Waals surface area (Å²) in [7, 11) is 5.03. The Morgan fingerprint density at radius 2 is 1.77 bits per heavy atom. The molecule has 3 rings (SSSR count). The lowest BCUT2D eigenvalue weighted by atomic mass is 9.78. The Kier molecular flexibility index (Phi) is 9.23. The Balaban J connectivity index is 1.62. The maximum Gasteiger partial charge on any atom is 0.303 e.